The van der Waals surface area contributed by atoms with Crippen molar-refractivity contribution in [1.29, 1.82) is 0 Å². The number of aromatic amines is 1. The van der Waals surface area contributed by atoms with Crippen molar-refractivity contribution in [2.45, 2.75) is 25.4 Å². The number of benzene rings is 2. The summed E-state index contributed by atoms with van der Waals surface area (Å²) in [7, 11) is 1.84. The zero-order chi connectivity index (χ0) is 21.5. The Hall–Kier alpha value is -3.52. The molecule has 1 aliphatic carbocycles. The van der Waals surface area contributed by atoms with Gasteiger partial charge in [-0.05, 0) is 49.6 Å². The predicted molar refractivity (Wildman–Crippen MR) is 117 cm³/mol. The van der Waals surface area contributed by atoms with E-state index in [9.17, 15) is 9.59 Å². The molecule has 1 amide bonds. The molecule has 158 valence electrons. The highest BCUT2D eigenvalue weighted by molar-refractivity contribution is 6.31. The van der Waals surface area contributed by atoms with Gasteiger partial charge in [0, 0.05) is 23.0 Å². The molecular weight excluding hydrogens is 420 g/mol. The lowest BCUT2D eigenvalue weighted by molar-refractivity contribution is 0.101. The monoisotopic (exact) mass is 438 g/mol. The number of H-pyrrole nitrogens is 1. The van der Waals surface area contributed by atoms with E-state index in [0.717, 1.165) is 29.5 Å². The maximum absolute atomic E-state index is 13.2. The van der Waals surface area contributed by atoms with Crippen molar-refractivity contribution in [1.82, 2.24) is 14.7 Å². The van der Waals surface area contributed by atoms with Crippen molar-refractivity contribution in [2.75, 3.05) is 5.32 Å². The van der Waals surface area contributed by atoms with E-state index in [1.165, 1.54) is 6.42 Å². The maximum Gasteiger partial charge on any atom is 0.439 e. The number of fused-ring (bicyclic) bond motifs is 1. The van der Waals surface area contributed by atoms with Gasteiger partial charge in [0.1, 0.15) is 11.4 Å². The van der Waals surface area contributed by atoms with Crippen LogP contribution in [-0.4, -0.2) is 26.7 Å². The van der Waals surface area contributed by atoms with Gasteiger partial charge in [-0.25, -0.2) is 4.79 Å². The topological polar surface area (TPSA) is 102 Å². The molecule has 0 aliphatic heterocycles. The highest BCUT2D eigenvalue weighted by atomic mass is 35.5. The SMILES string of the molecule is Cn1c(C(=O)Nc2ccc(Cl)cc2-c2noc(=O)[nH]2)cc2cccc(OC3CCC3)c21. The van der Waals surface area contributed by atoms with Crippen LogP contribution in [-0.2, 0) is 7.05 Å². The molecule has 2 heterocycles. The number of aryl methyl sites for hydroxylation is 1. The molecule has 0 atom stereocenters. The van der Waals surface area contributed by atoms with Crippen LogP contribution < -0.4 is 15.8 Å². The van der Waals surface area contributed by atoms with Crippen LogP contribution in [0.3, 0.4) is 0 Å². The smallest absolute Gasteiger partial charge is 0.439 e. The molecule has 0 bridgehead atoms. The first kappa shape index (κ1) is 19.4. The molecule has 1 fully saturated rings. The first-order valence-electron chi connectivity index (χ1n) is 9.92. The number of hydrogen-bond acceptors (Lipinski definition) is 5. The number of nitrogens with one attached hydrogen (secondary N) is 2. The van der Waals surface area contributed by atoms with Crippen LogP contribution in [0.2, 0.25) is 5.02 Å². The van der Waals surface area contributed by atoms with Gasteiger partial charge in [-0.1, -0.05) is 28.9 Å². The average Bonchev–Trinajstić information content (AvgIpc) is 3.30. The van der Waals surface area contributed by atoms with Crippen LogP contribution in [0.4, 0.5) is 5.69 Å². The number of hydrogen-bond donors (Lipinski definition) is 2. The fourth-order valence-electron chi connectivity index (χ4n) is 3.71. The summed E-state index contributed by atoms with van der Waals surface area (Å²) in [4.78, 5) is 27.0. The van der Waals surface area contributed by atoms with Crippen molar-refractivity contribution < 1.29 is 14.1 Å². The normalized spacial score (nSPS) is 13.9. The molecule has 0 radical (unpaired) electrons. The van der Waals surface area contributed by atoms with E-state index in [2.05, 4.69) is 20.0 Å². The number of rotatable bonds is 5. The van der Waals surface area contributed by atoms with Gasteiger partial charge >= 0.3 is 5.76 Å². The molecule has 2 N–H and O–H groups in total. The number of amides is 1. The lowest BCUT2D eigenvalue weighted by Gasteiger charge is -2.26. The number of aromatic nitrogens is 3. The van der Waals surface area contributed by atoms with E-state index in [4.69, 9.17) is 16.3 Å². The summed E-state index contributed by atoms with van der Waals surface area (Å²) in [5.74, 6) is -0.0604. The fourth-order valence-corrected chi connectivity index (χ4v) is 3.89. The third-order valence-corrected chi connectivity index (χ3v) is 5.76. The number of carbonyl (C=O) groups excluding carboxylic acids is 1. The second-order valence-corrected chi connectivity index (χ2v) is 7.98. The van der Waals surface area contributed by atoms with Gasteiger partial charge in [0.15, 0.2) is 5.82 Å². The number of ether oxygens (including phenoxy) is 1. The van der Waals surface area contributed by atoms with E-state index in [-0.39, 0.29) is 17.8 Å². The number of halogens is 1. The molecule has 0 spiro atoms. The maximum atomic E-state index is 13.2. The summed E-state index contributed by atoms with van der Waals surface area (Å²) < 4.78 is 12.5. The molecule has 0 saturated heterocycles. The van der Waals surface area contributed by atoms with E-state index < -0.39 is 5.76 Å². The Balaban J connectivity index is 1.49. The molecular formula is C22H19ClN4O4. The van der Waals surface area contributed by atoms with Crippen molar-refractivity contribution in [3.05, 3.63) is 63.7 Å². The van der Waals surface area contributed by atoms with Crippen LogP contribution >= 0.6 is 11.6 Å². The van der Waals surface area contributed by atoms with Crippen LogP contribution in [0.1, 0.15) is 29.8 Å². The minimum atomic E-state index is -0.695. The lowest BCUT2D eigenvalue weighted by atomic mass is 9.96. The Morgan fingerprint density at radius 3 is 2.84 bits per heavy atom. The van der Waals surface area contributed by atoms with E-state index in [1.807, 2.05) is 35.9 Å². The van der Waals surface area contributed by atoms with Gasteiger partial charge in [0.25, 0.3) is 5.91 Å². The van der Waals surface area contributed by atoms with Crippen LogP contribution in [0.15, 0.2) is 51.8 Å². The lowest BCUT2D eigenvalue weighted by Crippen LogP contribution is -2.24. The molecule has 0 unspecified atom stereocenters. The van der Waals surface area contributed by atoms with E-state index >= 15 is 0 Å². The second kappa shape index (κ2) is 7.63. The third kappa shape index (κ3) is 3.59. The van der Waals surface area contributed by atoms with E-state index in [0.29, 0.717) is 22.0 Å². The number of para-hydroxylation sites is 1. The van der Waals surface area contributed by atoms with Gasteiger partial charge in [-0.3, -0.25) is 14.3 Å². The van der Waals surface area contributed by atoms with Crippen molar-refractivity contribution in [2.24, 2.45) is 7.05 Å². The second-order valence-electron chi connectivity index (χ2n) is 7.54. The number of carbonyl (C=O) groups is 1. The summed E-state index contributed by atoms with van der Waals surface area (Å²) in [6.45, 7) is 0. The van der Waals surface area contributed by atoms with Gasteiger partial charge in [0.05, 0.1) is 17.3 Å². The Morgan fingerprint density at radius 2 is 2.13 bits per heavy atom. The highest BCUT2D eigenvalue weighted by Crippen LogP contribution is 2.33. The van der Waals surface area contributed by atoms with Crippen molar-refractivity contribution in [3.8, 4) is 17.1 Å². The summed E-state index contributed by atoms with van der Waals surface area (Å²) in [5, 5.41) is 7.93. The van der Waals surface area contributed by atoms with Crippen LogP contribution in [0.5, 0.6) is 5.75 Å². The quantitative estimate of drug-likeness (QED) is 0.482. The standard InChI is InChI=1S/C22H19ClN4O4/c1-27-17(10-12-4-2-7-18(19(12)27)30-14-5-3-6-14)21(28)24-16-9-8-13(23)11-15(16)20-25-22(29)31-26-20/h2,4,7-11,14H,3,5-6H2,1H3,(H,24,28)(H,25,26,29). The average molecular weight is 439 g/mol. The van der Waals surface area contributed by atoms with Gasteiger partial charge in [0.2, 0.25) is 0 Å². The zero-order valence-electron chi connectivity index (χ0n) is 16.6. The van der Waals surface area contributed by atoms with Gasteiger partial charge < -0.3 is 14.6 Å². The molecule has 31 heavy (non-hydrogen) atoms. The number of nitrogens with zero attached hydrogens (tertiary/aromatic N) is 2. The van der Waals surface area contributed by atoms with Crippen molar-refractivity contribution >= 4 is 34.1 Å². The summed E-state index contributed by atoms with van der Waals surface area (Å²) >= 11 is 6.10. The summed E-state index contributed by atoms with van der Waals surface area (Å²) in [6.07, 6.45) is 3.52. The molecule has 4 aromatic rings. The fraction of sp³-hybridized carbons (Fsp3) is 0.227. The first-order chi connectivity index (χ1) is 15.0. The Labute approximate surface area is 181 Å². The largest absolute Gasteiger partial charge is 0.488 e. The summed E-state index contributed by atoms with van der Waals surface area (Å²) in [5.41, 5.74) is 2.22. The molecule has 1 saturated carbocycles. The molecule has 9 heteroatoms. The zero-order valence-corrected chi connectivity index (χ0v) is 17.4. The third-order valence-electron chi connectivity index (χ3n) is 5.52. The molecule has 2 aromatic carbocycles. The van der Waals surface area contributed by atoms with E-state index in [1.54, 1.807) is 18.2 Å². The molecule has 5 rings (SSSR count). The predicted octanol–water partition coefficient (Wildman–Crippen LogP) is 4.36. The number of anilines is 1. The molecule has 1 aliphatic rings. The Bertz CT molecular complexity index is 1350. The van der Waals surface area contributed by atoms with Crippen LogP contribution in [0.25, 0.3) is 22.3 Å². The van der Waals surface area contributed by atoms with Crippen molar-refractivity contribution in [3.63, 3.8) is 0 Å². The Kier molecular flexibility index (Phi) is 4.78. The highest BCUT2D eigenvalue weighted by Gasteiger charge is 2.23. The molecule has 8 nitrogen and oxygen atoms in total. The molecule has 2 aromatic heterocycles. The first-order valence-corrected chi connectivity index (χ1v) is 10.3. The minimum Gasteiger partial charge on any atom is -0.488 e. The Morgan fingerprint density at radius 1 is 1.29 bits per heavy atom. The minimum absolute atomic E-state index is 0.177. The summed E-state index contributed by atoms with van der Waals surface area (Å²) in [6, 6.07) is 12.5. The van der Waals surface area contributed by atoms with Crippen LogP contribution in [0, 0.1) is 0 Å². The van der Waals surface area contributed by atoms with Gasteiger partial charge in [-0.2, -0.15) is 0 Å². The van der Waals surface area contributed by atoms with Gasteiger partial charge in [-0.15, -0.1) is 0 Å².